The smallest absolute Gasteiger partial charge is 0.348 e. The number of H-pyrrole nitrogens is 1. The number of aliphatic carboxylic acids is 1. The van der Waals surface area contributed by atoms with Gasteiger partial charge in [0.25, 0.3) is 0 Å². The zero-order valence-corrected chi connectivity index (χ0v) is 11.5. The van der Waals surface area contributed by atoms with Crippen LogP contribution in [0, 0.1) is 0 Å². The van der Waals surface area contributed by atoms with Gasteiger partial charge in [0.15, 0.2) is 5.65 Å². The van der Waals surface area contributed by atoms with E-state index in [1.165, 1.54) is 22.5 Å². The molecule has 0 fully saturated rings. The van der Waals surface area contributed by atoms with Crippen LogP contribution in [0.5, 0.6) is 0 Å². The van der Waals surface area contributed by atoms with Crippen molar-refractivity contribution in [1.82, 2.24) is 19.6 Å². The summed E-state index contributed by atoms with van der Waals surface area (Å²) in [6.45, 7) is 0. The molecule has 0 radical (unpaired) electrons. The summed E-state index contributed by atoms with van der Waals surface area (Å²) in [5, 5.41) is 15.6. The molecule has 0 unspecified atom stereocenters. The van der Waals surface area contributed by atoms with Gasteiger partial charge in [-0.05, 0) is 17.7 Å². The Bertz CT molecular complexity index is 854. The van der Waals surface area contributed by atoms with Crippen LogP contribution < -0.4 is 5.69 Å². The number of benzene rings is 1. The van der Waals surface area contributed by atoms with Crippen molar-refractivity contribution in [2.45, 2.75) is 16.3 Å². The van der Waals surface area contributed by atoms with Crippen LogP contribution in [0.2, 0.25) is 0 Å². The number of nitrogens with zero attached hydrogens (tertiary/aromatic N) is 3. The lowest BCUT2D eigenvalue weighted by molar-refractivity contribution is -0.136. The summed E-state index contributed by atoms with van der Waals surface area (Å²) in [6.07, 6.45) is 1.42. The van der Waals surface area contributed by atoms with Crippen molar-refractivity contribution in [1.29, 1.82) is 0 Å². The minimum Gasteiger partial charge on any atom is -0.481 e. The van der Waals surface area contributed by atoms with Crippen LogP contribution in [0.1, 0.15) is 5.56 Å². The molecule has 0 amide bonds. The lowest BCUT2D eigenvalue weighted by Crippen LogP contribution is -2.09. The fraction of sp³-hybridized carbons (Fsp3) is 0.0769. The van der Waals surface area contributed by atoms with E-state index < -0.39 is 5.97 Å². The Labute approximate surface area is 122 Å². The molecule has 0 spiro atoms. The number of aromatic amines is 1. The Balaban J connectivity index is 1.81. The Morgan fingerprint density at radius 1 is 1.33 bits per heavy atom. The van der Waals surface area contributed by atoms with Crippen LogP contribution in [0.3, 0.4) is 0 Å². The molecule has 3 aromatic rings. The van der Waals surface area contributed by atoms with Gasteiger partial charge >= 0.3 is 11.7 Å². The minimum atomic E-state index is -0.855. The zero-order valence-electron chi connectivity index (χ0n) is 10.7. The average Bonchev–Trinajstić information content (AvgIpc) is 2.82. The molecule has 0 saturated heterocycles. The number of carboxylic acid groups (broad SMARTS) is 1. The Morgan fingerprint density at radius 2 is 2.10 bits per heavy atom. The summed E-state index contributed by atoms with van der Waals surface area (Å²) in [4.78, 5) is 27.0. The second-order valence-corrected chi connectivity index (χ2v) is 5.39. The summed E-state index contributed by atoms with van der Waals surface area (Å²) in [5.41, 5.74) is 0.918. The second kappa shape index (κ2) is 5.41. The normalized spacial score (nSPS) is 10.9. The highest BCUT2D eigenvalue weighted by molar-refractivity contribution is 7.99. The van der Waals surface area contributed by atoms with Gasteiger partial charge in [-0.3, -0.25) is 4.79 Å². The van der Waals surface area contributed by atoms with Crippen molar-refractivity contribution in [2.24, 2.45) is 0 Å². The van der Waals surface area contributed by atoms with E-state index in [0.717, 1.165) is 10.5 Å². The first-order valence-corrected chi connectivity index (χ1v) is 6.85. The molecule has 2 heterocycles. The summed E-state index contributed by atoms with van der Waals surface area (Å²) >= 11 is 1.41. The van der Waals surface area contributed by atoms with Gasteiger partial charge in [-0.25, -0.2) is 19.3 Å². The molecule has 2 aromatic heterocycles. The molecule has 106 valence electrons. The van der Waals surface area contributed by atoms with Crippen molar-refractivity contribution >= 4 is 23.4 Å². The Hall–Kier alpha value is -2.61. The van der Waals surface area contributed by atoms with E-state index in [1.54, 1.807) is 18.2 Å². The molecule has 1 aromatic carbocycles. The highest BCUT2D eigenvalue weighted by Gasteiger charge is 2.05. The molecule has 0 saturated carbocycles. The van der Waals surface area contributed by atoms with E-state index in [9.17, 15) is 9.59 Å². The Morgan fingerprint density at radius 3 is 2.81 bits per heavy atom. The lowest BCUT2D eigenvalue weighted by atomic mass is 10.2. The molecule has 0 aliphatic rings. The Kier molecular flexibility index (Phi) is 3.44. The van der Waals surface area contributed by atoms with Crippen LogP contribution >= 0.6 is 11.8 Å². The van der Waals surface area contributed by atoms with Crippen LogP contribution in [-0.2, 0) is 11.2 Å². The predicted molar refractivity (Wildman–Crippen MR) is 75.5 cm³/mol. The molecular weight excluding hydrogens is 292 g/mol. The molecule has 2 N–H and O–H groups in total. The second-order valence-electron chi connectivity index (χ2n) is 4.30. The van der Waals surface area contributed by atoms with Crippen LogP contribution in [-0.4, -0.2) is 30.7 Å². The SMILES string of the molecule is O=C(O)Cc1ccc(Sc2cc3n[nH]c(=O)n3cn2)cc1. The molecule has 8 heteroatoms. The van der Waals surface area contributed by atoms with Gasteiger partial charge in [-0.2, -0.15) is 5.10 Å². The fourth-order valence-electron chi connectivity index (χ4n) is 1.82. The van der Waals surface area contributed by atoms with E-state index in [0.29, 0.717) is 10.7 Å². The minimum absolute atomic E-state index is 0.00530. The van der Waals surface area contributed by atoms with E-state index in [-0.39, 0.29) is 12.1 Å². The van der Waals surface area contributed by atoms with E-state index >= 15 is 0 Å². The quantitative estimate of drug-likeness (QED) is 0.702. The largest absolute Gasteiger partial charge is 0.481 e. The number of aromatic nitrogens is 4. The third-order valence-corrected chi connectivity index (χ3v) is 3.73. The van der Waals surface area contributed by atoms with Crippen molar-refractivity contribution in [3.05, 3.63) is 52.7 Å². The standard InChI is InChI=1S/C13H10N4O3S/c18-12(19)5-8-1-3-9(4-2-8)21-11-6-10-15-16-13(20)17(10)7-14-11/h1-4,6-7H,5H2,(H,16,20)(H,18,19). The summed E-state index contributed by atoms with van der Waals surface area (Å²) in [5.74, 6) is -0.855. The first-order valence-electron chi connectivity index (χ1n) is 6.03. The number of hydrogen-bond acceptors (Lipinski definition) is 5. The lowest BCUT2D eigenvalue weighted by Gasteiger charge is -2.02. The molecule has 0 aliphatic heterocycles. The van der Waals surface area contributed by atoms with Crippen LogP contribution in [0.15, 0.2) is 51.4 Å². The monoisotopic (exact) mass is 302 g/mol. The molecule has 0 aliphatic carbocycles. The summed E-state index contributed by atoms with van der Waals surface area (Å²) in [7, 11) is 0. The number of carboxylic acids is 1. The fourth-order valence-corrected chi connectivity index (χ4v) is 2.60. The molecular formula is C13H10N4O3S. The maximum atomic E-state index is 11.3. The van der Waals surface area contributed by atoms with E-state index in [1.807, 2.05) is 12.1 Å². The van der Waals surface area contributed by atoms with Gasteiger partial charge in [0.2, 0.25) is 0 Å². The number of fused-ring (bicyclic) bond motifs is 1. The highest BCUT2D eigenvalue weighted by atomic mass is 32.2. The first kappa shape index (κ1) is 13.4. The molecule has 3 rings (SSSR count). The van der Waals surface area contributed by atoms with Gasteiger partial charge in [0, 0.05) is 11.0 Å². The molecule has 7 nitrogen and oxygen atoms in total. The highest BCUT2D eigenvalue weighted by Crippen LogP contribution is 2.26. The number of carbonyl (C=O) groups is 1. The number of nitrogens with one attached hydrogen (secondary N) is 1. The van der Waals surface area contributed by atoms with Crippen molar-refractivity contribution in [3.63, 3.8) is 0 Å². The van der Waals surface area contributed by atoms with Crippen LogP contribution in [0.4, 0.5) is 0 Å². The molecule has 0 atom stereocenters. The van der Waals surface area contributed by atoms with Gasteiger partial charge < -0.3 is 5.11 Å². The van der Waals surface area contributed by atoms with Gasteiger partial charge in [0.1, 0.15) is 11.4 Å². The molecule has 0 bridgehead atoms. The van der Waals surface area contributed by atoms with Crippen molar-refractivity contribution in [3.8, 4) is 0 Å². The zero-order chi connectivity index (χ0) is 14.8. The van der Waals surface area contributed by atoms with Crippen molar-refractivity contribution in [2.75, 3.05) is 0 Å². The maximum absolute atomic E-state index is 11.3. The van der Waals surface area contributed by atoms with E-state index in [4.69, 9.17) is 5.11 Å². The number of hydrogen-bond donors (Lipinski definition) is 2. The molecule has 21 heavy (non-hydrogen) atoms. The topological polar surface area (TPSA) is 100 Å². The number of rotatable bonds is 4. The van der Waals surface area contributed by atoms with Crippen LogP contribution in [0.25, 0.3) is 5.65 Å². The predicted octanol–water partition coefficient (Wildman–Crippen LogP) is 1.20. The summed E-state index contributed by atoms with van der Waals surface area (Å²) < 4.78 is 1.32. The van der Waals surface area contributed by atoms with Gasteiger partial charge in [0.05, 0.1) is 6.42 Å². The third-order valence-electron chi connectivity index (χ3n) is 2.79. The maximum Gasteiger partial charge on any atom is 0.348 e. The average molecular weight is 302 g/mol. The summed E-state index contributed by atoms with van der Waals surface area (Å²) in [6, 6.07) is 8.92. The first-order chi connectivity index (χ1) is 10.1. The van der Waals surface area contributed by atoms with E-state index in [2.05, 4.69) is 15.2 Å². The van der Waals surface area contributed by atoms with Crippen molar-refractivity contribution < 1.29 is 9.90 Å². The van der Waals surface area contributed by atoms with Gasteiger partial charge in [-0.1, -0.05) is 23.9 Å². The third kappa shape index (κ3) is 2.95. The van der Waals surface area contributed by atoms with Gasteiger partial charge in [-0.15, -0.1) is 0 Å².